The SMILES string of the molecule is CN(CCCC(=O)N(C)C)COC(C)(C)C. The van der Waals surface area contributed by atoms with Gasteiger partial charge in [0.15, 0.2) is 0 Å². The molecule has 0 radical (unpaired) electrons. The number of carbonyl (C=O) groups excluding carboxylic acids is 1. The van der Waals surface area contributed by atoms with Crippen molar-refractivity contribution in [3.63, 3.8) is 0 Å². The molecule has 4 nitrogen and oxygen atoms in total. The Morgan fingerprint density at radius 1 is 1.19 bits per heavy atom. The molecule has 96 valence electrons. The summed E-state index contributed by atoms with van der Waals surface area (Å²) in [6.45, 7) is 7.61. The Labute approximate surface area is 99.5 Å². The summed E-state index contributed by atoms with van der Waals surface area (Å²) in [7, 11) is 5.58. The maximum atomic E-state index is 11.3. The molecule has 16 heavy (non-hydrogen) atoms. The van der Waals surface area contributed by atoms with Crippen LogP contribution < -0.4 is 0 Å². The molecule has 0 heterocycles. The van der Waals surface area contributed by atoms with E-state index in [-0.39, 0.29) is 11.5 Å². The third-order valence-corrected chi connectivity index (χ3v) is 2.15. The molecule has 0 atom stereocenters. The highest BCUT2D eigenvalue weighted by Gasteiger charge is 2.11. The summed E-state index contributed by atoms with van der Waals surface area (Å²) in [5.41, 5.74) is -0.103. The lowest BCUT2D eigenvalue weighted by atomic mass is 10.2. The van der Waals surface area contributed by atoms with Gasteiger partial charge in [-0.2, -0.15) is 0 Å². The average Bonchev–Trinajstić information content (AvgIpc) is 2.13. The van der Waals surface area contributed by atoms with E-state index in [1.807, 2.05) is 27.8 Å². The molecule has 0 aromatic carbocycles. The molecule has 0 aromatic rings. The van der Waals surface area contributed by atoms with Crippen LogP contribution in [-0.2, 0) is 9.53 Å². The smallest absolute Gasteiger partial charge is 0.222 e. The zero-order valence-electron chi connectivity index (χ0n) is 11.5. The second-order valence-corrected chi connectivity index (χ2v) is 5.36. The molecular formula is C12H26N2O2. The van der Waals surface area contributed by atoms with E-state index in [4.69, 9.17) is 4.74 Å². The molecule has 0 aliphatic heterocycles. The maximum Gasteiger partial charge on any atom is 0.222 e. The highest BCUT2D eigenvalue weighted by Crippen LogP contribution is 2.07. The lowest BCUT2D eigenvalue weighted by molar-refractivity contribution is -0.129. The molecule has 4 heteroatoms. The predicted octanol–water partition coefficient (Wildman–Crippen LogP) is 1.56. The van der Waals surface area contributed by atoms with Gasteiger partial charge in [0.2, 0.25) is 5.91 Å². The number of nitrogens with zero attached hydrogens (tertiary/aromatic N) is 2. The van der Waals surface area contributed by atoms with Crippen LogP contribution in [0.4, 0.5) is 0 Å². The number of ether oxygens (including phenoxy) is 1. The van der Waals surface area contributed by atoms with Gasteiger partial charge in [0, 0.05) is 27.1 Å². The maximum absolute atomic E-state index is 11.3. The lowest BCUT2D eigenvalue weighted by Gasteiger charge is -2.24. The van der Waals surface area contributed by atoms with Crippen molar-refractivity contribution in [1.29, 1.82) is 0 Å². The minimum atomic E-state index is -0.103. The van der Waals surface area contributed by atoms with Crippen molar-refractivity contribution in [1.82, 2.24) is 9.80 Å². The highest BCUT2D eigenvalue weighted by atomic mass is 16.5. The number of rotatable bonds is 6. The quantitative estimate of drug-likeness (QED) is 0.649. The van der Waals surface area contributed by atoms with Gasteiger partial charge in [0.05, 0.1) is 12.3 Å². The van der Waals surface area contributed by atoms with Gasteiger partial charge in [-0.25, -0.2) is 0 Å². The van der Waals surface area contributed by atoms with Crippen LogP contribution in [0.1, 0.15) is 33.6 Å². The van der Waals surface area contributed by atoms with Crippen LogP contribution >= 0.6 is 0 Å². The van der Waals surface area contributed by atoms with E-state index in [0.29, 0.717) is 13.2 Å². The normalized spacial score (nSPS) is 11.9. The van der Waals surface area contributed by atoms with Crippen LogP contribution in [0, 0.1) is 0 Å². The Hall–Kier alpha value is -0.610. The summed E-state index contributed by atoms with van der Waals surface area (Å²) in [6, 6.07) is 0. The van der Waals surface area contributed by atoms with Gasteiger partial charge in [-0.15, -0.1) is 0 Å². The van der Waals surface area contributed by atoms with Gasteiger partial charge in [-0.1, -0.05) is 0 Å². The fourth-order valence-corrected chi connectivity index (χ4v) is 1.09. The number of hydrogen-bond acceptors (Lipinski definition) is 3. The molecule has 0 spiro atoms. The van der Waals surface area contributed by atoms with Crippen molar-refractivity contribution in [2.24, 2.45) is 0 Å². The van der Waals surface area contributed by atoms with Crippen molar-refractivity contribution in [2.75, 3.05) is 34.4 Å². The van der Waals surface area contributed by atoms with Gasteiger partial charge in [0.25, 0.3) is 0 Å². The zero-order chi connectivity index (χ0) is 12.8. The first-order valence-electron chi connectivity index (χ1n) is 5.75. The standard InChI is InChI=1S/C12H26N2O2/c1-12(2,3)16-10-14(6)9-7-8-11(15)13(4)5/h7-10H2,1-6H3. The van der Waals surface area contributed by atoms with E-state index in [2.05, 4.69) is 4.90 Å². The van der Waals surface area contributed by atoms with Crippen LogP contribution in [0.3, 0.4) is 0 Å². The first-order chi connectivity index (χ1) is 7.22. The van der Waals surface area contributed by atoms with Crippen molar-refractivity contribution < 1.29 is 9.53 Å². The Morgan fingerprint density at radius 2 is 1.75 bits per heavy atom. The first kappa shape index (κ1) is 15.4. The summed E-state index contributed by atoms with van der Waals surface area (Å²) < 4.78 is 5.63. The Kier molecular flexibility index (Phi) is 6.60. The Bertz CT molecular complexity index is 210. The second kappa shape index (κ2) is 6.86. The molecule has 1 amide bonds. The molecule has 0 aliphatic carbocycles. The minimum Gasteiger partial charge on any atom is -0.361 e. The lowest BCUT2D eigenvalue weighted by Crippen LogP contribution is -2.30. The Morgan fingerprint density at radius 3 is 2.19 bits per heavy atom. The summed E-state index contributed by atoms with van der Waals surface area (Å²) in [5.74, 6) is 0.185. The van der Waals surface area contributed by atoms with Crippen LogP contribution in [0.15, 0.2) is 0 Å². The van der Waals surface area contributed by atoms with Crippen LogP contribution in [-0.4, -0.2) is 55.7 Å². The van der Waals surface area contributed by atoms with Gasteiger partial charge in [0.1, 0.15) is 0 Å². The van der Waals surface area contributed by atoms with Crippen LogP contribution in [0.25, 0.3) is 0 Å². The van der Waals surface area contributed by atoms with Crippen LogP contribution in [0.5, 0.6) is 0 Å². The second-order valence-electron chi connectivity index (χ2n) is 5.36. The molecule has 0 fully saturated rings. The topological polar surface area (TPSA) is 32.8 Å². The summed E-state index contributed by atoms with van der Waals surface area (Å²) in [6.07, 6.45) is 1.48. The van der Waals surface area contributed by atoms with E-state index in [1.54, 1.807) is 19.0 Å². The van der Waals surface area contributed by atoms with Crippen molar-refractivity contribution in [3.8, 4) is 0 Å². The Balaban J connectivity index is 3.59. The summed E-state index contributed by atoms with van der Waals surface area (Å²) in [4.78, 5) is 15.0. The van der Waals surface area contributed by atoms with Gasteiger partial charge in [-0.05, 0) is 34.2 Å². The summed E-state index contributed by atoms with van der Waals surface area (Å²) in [5, 5.41) is 0. The van der Waals surface area contributed by atoms with Crippen molar-refractivity contribution >= 4 is 5.91 Å². The van der Waals surface area contributed by atoms with E-state index >= 15 is 0 Å². The molecule has 0 aromatic heterocycles. The fourth-order valence-electron chi connectivity index (χ4n) is 1.09. The minimum absolute atomic E-state index is 0.103. The molecule has 0 aliphatic rings. The van der Waals surface area contributed by atoms with Gasteiger partial charge in [-0.3, -0.25) is 9.69 Å². The molecular weight excluding hydrogens is 204 g/mol. The van der Waals surface area contributed by atoms with E-state index in [1.165, 1.54) is 0 Å². The monoisotopic (exact) mass is 230 g/mol. The van der Waals surface area contributed by atoms with Crippen LogP contribution in [0.2, 0.25) is 0 Å². The number of carbonyl (C=O) groups is 1. The third kappa shape index (κ3) is 8.68. The van der Waals surface area contributed by atoms with Crippen molar-refractivity contribution in [2.45, 2.75) is 39.2 Å². The van der Waals surface area contributed by atoms with E-state index in [0.717, 1.165) is 13.0 Å². The molecule has 0 unspecified atom stereocenters. The fraction of sp³-hybridized carbons (Fsp3) is 0.917. The highest BCUT2D eigenvalue weighted by molar-refractivity contribution is 5.75. The molecule has 0 saturated heterocycles. The number of amides is 1. The molecule has 0 N–H and O–H groups in total. The average molecular weight is 230 g/mol. The molecule has 0 bridgehead atoms. The third-order valence-electron chi connectivity index (χ3n) is 2.15. The van der Waals surface area contributed by atoms with E-state index < -0.39 is 0 Å². The molecule has 0 saturated carbocycles. The molecule has 0 rings (SSSR count). The zero-order valence-corrected chi connectivity index (χ0v) is 11.5. The largest absolute Gasteiger partial charge is 0.361 e. The van der Waals surface area contributed by atoms with Gasteiger partial charge < -0.3 is 9.64 Å². The van der Waals surface area contributed by atoms with Crippen molar-refractivity contribution in [3.05, 3.63) is 0 Å². The first-order valence-corrected chi connectivity index (χ1v) is 5.75. The predicted molar refractivity (Wildman–Crippen MR) is 66.3 cm³/mol. The van der Waals surface area contributed by atoms with Gasteiger partial charge >= 0.3 is 0 Å². The number of hydrogen-bond donors (Lipinski definition) is 0. The summed E-state index contributed by atoms with van der Waals surface area (Å²) >= 11 is 0. The van der Waals surface area contributed by atoms with E-state index in [9.17, 15) is 4.79 Å².